The van der Waals surface area contributed by atoms with Crippen LogP contribution in [-0.4, -0.2) is 28.6 Å². The average Bonchev–Trinajstić information content (AvgIpc) is 3.27. The molecule has 0 saturated carbocycles. The molecule has 2 N–H and O–H groups in total. The molecule has 1 fully saturated rings. The molecule has 1 aliphatic heterocycles. The minimum Gasteiger partial charge on any atom is -0.368 e. The van der Waals surface area contributed by atoms with Gasteiger partial charge >= 0.3 is 0 Å². The van der Waals surface area contributed by atoms with Crippen molar-refractivity contribution in [3.63, 3.8) is 0 Å². The van der Waals surface area contributed by atoms with Crippen LogP contribution in [-0.2, 0) is 9.53 Å². The first-order valence-electron chi connectivity index (χ1n) is 7.26. The number of para-hydroxylation sites is 1. The lowest BCUT2D eigenvalue weighted by Crippen LogP contribution is -2.26. The van der Waals surface area contributed by atoms with Crippen molar-refractivity contribution in [2.45, 2.75) is 18.9 Å². The summed E-state index contributed by atoms with van der Waals surface area (Å²) in [5.74, 6) is -0.0997. The molecule has 3 heterocycles. The van der Waals surface area contributed by atoms with Crippen LogP contribution >= 0.6 is 11.3 Å². The van der Waals surface area contributed by atoms with E-state index in [9.17, 15) is 4.79 Å². The third-order valence-electron chi connectivity index (χ3n) is 3.82. The number of hydrogen-bond acceptors (Lipinski definition) is 4. The van der Waals surface area contributed by atoms with Crippen molar-refractivity contribution in [1.29, 1.82) is 0 Å². The van der Waals surface area contributed by atoms with E-state index in [2.05, 4.69) is 21.4 Å². The molecule has 3 aromatic rings. The second-order valence-corrected chi connectivity index (χ2v) is 6.13. The van der Waals surface area contributed by atoms with Gasteiger partial charge in [-0.1, -0.05) is 18.2 Å². The molecule has 6 heteroatoms. The number of nitrogens with one attached hydrogen (secondary N) is 2. The van der Waals surface area contributed by atoms with Gasteiger partial charge in [-0.25, -0.2) is 4.98 Å². The van der Waals surface area contributed by atoms with E-state index in [4.69, 9.17) is 4.74 Å². The van der Waals surface area contributed by atoms with Crippen LogP contribution in [0.3, 0.4) is 0 Å². The summed E-state index contributed by atoms with van der Waals surface area (Å²) in [7, 11) is 0. The van der Waals surface area contributed by atoms with Gasteiger partial charge in [-0.2, -0.15) is 0 Å². The Balaban J connectivity index is 1.57. The van der Waals surface area contributed by atoms with Gasteiger partial charge in [0.1, 0.15) is 6.10 Å². The van der Waals surface area contributed by atoms with E-state index in [0.717, 1.165) is 35.0 Å². The zero-order valence-electron chi connectivity index (χ0n) is 11.8. The van der Waals surface area contributed by atoms with Gasteiger partial charge in [0.05, 0.1) is 5.69 Å². The van der Waals surface area contributed by atoms with Gasteiger partial charge in [-0.05, 0) is 18.9 Å². The van der Waals surface area contributed by atoms with Crippen molar-refractivity contribution in [2.75, 3.05) is 11.9 Å². The van der Waals surface area contributed by atoms with Gasteiger partial charge in [0.25, 0.3) is 5.91 Å². The normalized spacial score (nSPS) is 17.9. The number of aromatic amines is 1. The first-order chi connectivity index (χ1) is 10.8. The molecule has 2 aromatic heterocycles. The van der Waals surface area contributed by atoms with Crippen LogP contribution in [0.15, 0.2) is 35.8 Å². The Morgan fingerprint density at radius 3 is 3.18 bits per heavy atom. The smallest absolute Gasteiger partial charge is 0.255 e. The Morgan fingerprint density at radius 2 is 2.32 bits per heavy atom. The van der Waals surface area contributed by atoms with Gasteiger partial charge in [0.15, 0.2) is 5.13 Å². The van der Waals surface area contributed by atoms with Crippen molar-refractivity contribution >= 4 is 33.3 Å². The van der Waals surface area contributed by atoms with E-state index in [1.54, 1.807) is 0 Å². The Labute approximate surface area is 131 Å². The highest BCUT2D eigenvalue weighted by Gasteiger charge is 2.24. The molecule has 0 radical (unpaired) electrons. The van der Waals surface area contributed by atoms with Gasteiger partial charge < -0.3 is 9.72 Å². The largest absolute Gasteiger partial charge is 0.368 e. The molecule has 4 rings (SSSR count). The highest BCUT2D eigenvalue weighted by atomic mass is 32.1. The fourth-order valence-electron chi connectivity index (χ4n) is 2.71. The van der Waals surface area contributed by atoms with Crippen molar-refractivity contribution < 1.29 is 9.53 Å². The molecule has 1 aromatic carbocycles. The summed E-state index contributed by atoms with van der Waals surface area (Å²) in [4.78, 5) is 19.8. The van der Waals surface area contributed by atoms with E-state index < -0.39 is 0 Å². The highest BCUT2D eigenvalue weighted by Crippen LogP contribution is 2.31. The summed E-state index contributed by atoms with van der Waals surface area (Å²) in [6.45, 7) is 0.663. The molecule has 1 amide bonds. The fourth-order valence-corrected chi connectivity index (χ4v) is 3.42. The molecule has 0 spiro atoms. The van der Waals surface area contributed by atoms with Crippen LogP contribution in [0.1, 0.15) is 12.8 Å². The maximum atomic E-state index is 12.0. The van der Waals surface area contributed by atoms with Crippen LogP contribution in [0.2, 0.25) is 0 Å². The molecule has 0 aliphatic carbocycles. The number of aromatic nitrogens is 2. The van der Waals surface area contributed by atoms with E-state index in [1.807, 2.05) is 29.8 Å². The zero-order valence-corrected chi connectivity index (χ0v) is 12.7. The lowest BCUT2D eigenvalue weighted by atomic mass is 10.1. The molecule has 1 saturated heterocycles. The number of thiazole rings is 1. The molecule has 1 unspecified atom stereocenters. The second-order valence-electron chi connectivity index (χ2n) is 5.28. The van der Waals surface area contributed by atoms with Crippen LogP contribution in [0.5, 0.6) is 0 Å². The van der Waals surface area contributed by atoms with E-state index in [1.165, 1.54) is 11.3 Å². The third kappa shape index (κ3) is 2.40. The SMILES string of the molecule is O=C(Nc1nc(-c2c[nH]c3ccccc23)cs1)C1CCCO1. The van der Waals surface area contributed by atoms with Crippen molar-refractivity contribution in [2.24, 2.45) is 0 Å². The Bertz CT molecular complexity index is 818. The number of H-pyrrole nitrogens is 1. The fraction of sp³-hybridized carbons (Fsp3) is 0.250. The number of nitrogens with zero attached hydrogens (tertiary/aromatic N) is 1. The summed E-state index contributed by atoms with van der Waals surface area (Å²) >= 11 is 1.43. The summed E-state index contributed by atoms with van der Waals surface area (Å²) in [5, 5.41) is 6.55. The first-order valence-corrected chi connectivity index (χ1v) is 8.14. The molecule has 0 bridgehead atoms. The number of fused-ring (bicyclic) bond motifs is 1. The molecular formula is C16H15N3O2S. The second kappa shape index (κ2) is 5.55. The van der Waals surface area contributed by atoms with Crippen molar-refractivity contribution in [1.82, 2.24) is 9.97 Å². The number of carbonyl (C=O) groups excluding carboxylic acids is 1. The van der Waals surface area contributed by atoms with E-state index in [-0.39, 0.29) is 12.0 Å². The Kier molecular flexibility index (Phi) is 3.40. The van der Waals surface area contributed by atoms with Crippen molar-refractivity contribution in [3.8, 4) is 11.3 Å². The molecule has 22 heavy (non-hydrogen) atoms. The monoisotopic (exact) mass is 313 g/mol. The Hall–Kier alpha value is -2.18. The summed E-state index contributed by atoms with van der Waals surface area (Å²) < 4.78 is 5.38. The zero-order chi connectivity index (χ0) is 14.9. The number of benzene rings is 1. The quantitative estimate of drug-likeness (QED) is 0.778. The number of rotatable bonds is 3. The number of hydrogen-bond donors (Lipinski definition) is 2. The van der Waals surface area contributed by atoms with Crippen LogP contribution < -0.4 is 5.32 Å². The summed E-state index contributed by atoms with van der Waals surface area (Å²) in [6, 6.07) is 8.10. The van der Waals surface area contributed by atoms with Crippen LogP contribution in [0.25, 0.3) is 22.2 Å². The van der Waals surface area contributed by atoms with Crippen LogP contribution in [0.4, 0.5) is 5.13 Å². The van der Waals surface area contributed by atoms with Gasteiger partial charge in [0, 0.05) is 34.7 Å². The number of ether oxygens (including phenoxy) is 1. The topological polar surface area (TPSA) is 67.0 Å². The van der Waals surface area contributed by atoms with Gasteiger partial charge in [0.2, 0.25) is 0 Å². The van der Waals surface area contributed by atoms with E-state index >= 15 is 0 Å². The lowest BCUT2D eigenvalue weighted by Gasteiger charge is -2.07. The minimum atomic E-state index is -0.333. The number of anilines is 1. The van der Waals surface area contributed by atoms with Gasteiger partial charge in [-0.3, -0.25) is 10.1 Å². The predicted molar refractivity (Wildman–Crippen MR) is 87.0 cm³/mol. The van der Waals surface area contributed by atoms with Crippen LogP contribution in [0, 0.1) is 0 Å². The Morgan fingerprint density at radius 1 is 1.41 bits per heavy atom. The minimum absolute atomic E-state index is 0.0997. The summed E-state index contributed by atoms with van der Waals surface area (Å²) in [6.07, 6.45) is 3.34. The standard InChI is InChI=1S/C16H15N3O2S/c20-15(14-6-3-7-21-14)19-16-18-13(9-22-16)11-8-17-12-5-2-1-4-10(11)12/h1-2,4-5,8-9,14,17H,3,6-7H2,(H,18,19,20). The average molecular weight is 313 g/mol. The maximum absolute atomic E-state index is 12.0. The predicted octanol–water partition coefficient (Wildman–Crippen LogP) is 3.41. The molecule has 1 aliphatic rings. The van der Waals surface area contributed by atoms with E-state index in [0.29, 0.717) is 11.7 Å². The third-order valence-corrected chi connectivity index (χ3v) is 4.58. The van der Waals surface area contributed by atoms with Crippen molar-refractivity contribution in [3.05, 3.63) is 35.8 Å². The molecule has 112 valence electrons. The first kappa shape index (κ1) is 13.5. The maximum Gasteiger partial charge on any atom is 0.255 e. The molecule has 5 nitrogen and oxygen atoms in total. The lowest BCUT2D eigenvalue weighted by molar-refractivity contribution is -0.124. The number of carbonyl (C=O) groups is 1. The van der Waals surface area contributed by atoms with Gasteiger partial charge in [-0.15, -0.1) is 11.3 Å². The molecular weight excluding hydrogens is 298 g/mol. The number of amides is 1. The molecule has 1 atom stereocenters. The summed E-state index contributed by atoms with van der Waals surface area (Å²) in [5.41, 5.74) is 2.99. The highest BCUT2D eigenvalue weighted by molar-refractivity contribution is 7.14.